The lowest BCUT2D eigenvalue weighted by Gasteiger charge is -2.19. The molecule has 0 atom stereocenters. The molecule has 0 saturated carbocycles. The van der Waals surface area contributed by atoms with Crippen LogP contribution in [0.5, 0.6) is 0 Å². The van der Waals surface area contributed by atoms with Crippen molar-refractivity contribution in [3.63, 3.8) is 0 Å². The number of rotatable bonds is 2. The van der Waals surface area contributed by atoms with E-state index in [-0.39, 0.29) is 16.8 Å². The molecule has 1 aromatic heterocycles. The molecule has 1 aliphatic rings. The second-order valence-electron chi connectivity index (χ2n) is 6.96. The van der Waals surface area contributed by atoms with Gasteiger partial charge in [-0.2, -0.15) is 5.10 Å². The van der Waals surface area contributed by atoms with Gasteiger partial charge in [0.2, 0.25) is 0 Å². The number of hydrogen-bond donors (Lipinski definition) is 1. The molecule has 5 heteroatoms. The Balaban J connectivity index is 2.16. The van der Waals surface area contributed by atoms with E-state index < -0.39 is 5.97 Å². The van der Waals surface area contributed by atoms with E-state index in [0.29, 0.717) is 6.42 Å². The summed E-state index contributed by atoms with van der Waals surface area (Å²) in [6.45, 7) is 6.15. The van der Waals surface area contributed by atoms with Crippen LogP contribution in [0.4, 0.5) is 0 Å². The largest absolute Gasteiger partial charge is 0.478 e. The number of nitrogens with zero attached hydrogens (tertiary/aromatic N) is 2. The number of aromatic carboxylic acids is 1. The maximum absolute atomic E-state index is 12.4. The predicted molar refractivity (Wildman–Crippen MR) is 86.5 cm³/mol. The van der Waals surface area contributed by atoms with E-state index in [2.05, 4.69) is 20.8 Å². The fourth-order valence-electron chi connectivity index (χ4n) is 3.00. The van der Waals surface area contributed by atoms with Crippen LogP contribution in [0.2, 0.25) is 0 Å². The number of carbonyl (C=O) groups is 2. The van der Waals surface area contributed by atoms with Crippen molar-refractivity contribution >= 4 is 11.8 Å². The van der Waals surface area contributed by atoms with E-state index >= 15 is 0 Å². The van der Waals surface area contributed by atoms with E-state index in [0.717, 1.165) is 35.5 Å². The molecule has 1 aromatic carbocycles. The van der Waals surface area contributed by atoms with E-state index in [4.69, 9.17) is 10.2 Å². The molecule has 5 nitrogen and oxygen atoms in total. The van der Waals surface area contributed by atoms with Crippen molar-refractivity contribution in [2.24, 2.45) is 0 Å². The number of hydrogen-bond acceptors (Lipinski definition) is 3. The molecule has 0 amide bonds. The average molecular weight is 312 g/mol. The van der Waals surface area contributed by atoms with Crippen LogP contribution < -0.4 is 0 Å². The lowest BCUT2D eigenvalue weighted by atomic mass is 9.84. The summed E-state index contributed by atoms with van der Waals surface area (Å²) in [6.07, 6.45) is 2.21. The quantitative estimate of drug-likeness (QED) is 0.922. The van der Waals surface area contributed by atoms with Crippen LogP contribution in [0.15, 0.2) is 24.3 Å². The van der Waals surface area contributed by atoms with Crippen LogP contribution in [0, 0.1) is 0 Å². The molecule has 1 N–H and O–H groups in total. The summed E-state index contributed by atoms with van der Waals surface area (Å²) in [5.74, 6) is -0.797. The van der Waals surface area contributed by atoms with Gasteiger partial charge in [-0.1, -0.05) is 20.8 Å². The summed E-state index contributed by atoms with van der Waals surface area (Å²) in [6, 6.07) is 6.60. The highest BCUT2D eigenvalue weighted by molar-refractivity contribution is 5.99. The number of Topliss-reactive ketones (excluding diaryl/α,β-unsaturated/α-hetero) is 1. The molecule has 0 unspecified atom stereocenters. The van der Waals surface area contributed by atoms with Crippen LogP contribution >= 0.6 is 0 Å². The van der Waals surface area contributed by atoms with Gasteiger partial charge >= 0.3 is 5.97 Å². The minimum atomic E-state index is -0.954. The SMILES string of the molecule is CC(C)(C)c1nn(-c2ccc(C(=O)O)cc2)c2c1C(=O)CCC2. The molecule has 3 rings (SSSR count). The zero-order valence-electron chi connectivity index (χ0n) is 13.6. The number of carbonyl (C=O) groups excluding carboxylic acids is 1. The molecular formula is C18H20N2O3. The third kappa shape index (κ3) is 2.67. The van der Waals surface area contributed by atoms with Gasteiger partial charge in [0.1, 0.15) is 0 Å². The van der Waals surface area contributed by atoms with Crippen molar-refractivity contribution in [1.29, 1.82) is 0 Å². The van der Waals surface area contributed by atoms with Gasteiger partial charge in [-0.15, -0.1) is 0 Å². The topological polar surface area (TPSA) is 72.2 Å². The average Bonchev–Trinajstić information content (AvgIpc) is 2.88. The number of carboxylic acid groups (broad SMARTS) is 1. The molecule has 120 valence electrons. The Morgan fingerprint density at radius 3 is 2.39 bits per heavy atom. The molecule has 2 aromatic rings. The highest BCUT2D eigenvalue weighted by Gasteiger charge is 2.32. The molecule has 0 radical (unpaired) electrons. The van der Waals surface area contributed by atoms with Gasteiger partial charge in [0.15, 0.2) is 5.78 Å². The summed E-state index contributed by atoms with van der Waals surface area (Å²) in [5, 5.41) is 13.7. The second-order valence-corrected chi connectivity index (χ2v) is 6.96. The Morgan fingerprint density at radius 1 is 1.17 bits per heavy atom. The Hall–Kier alpha value is -2.43. The second kappa shape index (κ2) is 5.33. The van der Waals surface area contributed by atoms with Crippen molar-refractivity contribution < 1.29 is 14.7 Å². The Kier molecular flexibility index (Phi) is 3.59. The Morgan fingerprint density at radius 2 is 1.83 bits per heavy atom. The number of carboxylic acids is 1. The highest BCUT2D eigenvalue weighted by atomic mass is 16.4. The number of aromatic nitrogens is 2. The van der Waals surface area contributed by atoms with Crippen LogP contribution in [-0.4, -0.2) is 26.6 Å². The Labute approximate surface area is 134 Å². The number of benzene rings is 1. The van der Waals surface area contributed by atoms with E-state index in [1.54, 1.807) is 28.9 Å². The number of ketones is 1. The van der Waals surface area contributed by atoms with Crippen LogP contribution in [0.3, 0.4) is 0 Å². The van der Waals surface area contributed by atoms with Gasteiger partial charge in [-0.3, -0.25) is 4.79 Å². The van der Waals surface area contributed by atoms with Crippen LogP contribution in [-0.2, 0) is 11.8 Å². The first-order valence-corrected chi connectivity index (χ1v) is 7.78. The first-order chi connectivity index (χ1) is 10.8. The van der Waals surface area contributed by atoms with Crippen molar-refractivity contribution in [1.82, 2.24) is 9.78 Å². The maximum Gasteiger partial charge on any atom is 0.335 e. The summed E-state index contributed by atoms with van der Waals surface area (Å²) in [5.41, 5.74) is 3.32. The fraction of sp³-hybridized carbons (Fsp3) is 0.389. The molecule has 0 saturated heterocycles. The first-order valence-electron chi connectivity index (χ1n) is 7.78. The summed E-state index contributed by atoms with van der Waals surface area (Å²) in [4.78, 5) is 23.4. The minimum absolute atomic E-state index is 0.157. The predicted octanol–water partition coefficient (Wildman–Crippen LogP) is 3.39. The zero-order valence-corrected chi connectivity index (χ0v) is 13.6. The molecule has 0 aliphatic heterocycles. The lowest BCUT2D eigenvalue weighted by Crippen LogP contribution is -2.19. The van der Waals surface area contributed by atoms with Crippen molar-refractivity contribution in [3.05, 3.63) is 46.8 Å². The standard InChI is InChI=1S/C18H20N2O3/c1-18(2,3)16-15-13(5-4-6-14(15)21)20(19-16)12-9-7-11(8-10-12)17(22)23/h7-10H,4-6H2,1-3H3,(H,22,23). The summed E-state index contributed by atoms with van der Waals surface area (Å²) < 4.78 is 1.80. The lowest BCUT2D eigenvalue weighted by molar-refractivity contribution is 0.0696. The monoisotopic (exact) mass is 312 g/mol. The highest BCUT2D eigenvalue weighted by Crippen LogP contribution is 2.33. The third-order valence-corrected chi connectivity index (χ3v) is 4.15. The van der Waals surface area contributed by atoms with Crippen molar-refractivity contribution in [2.75, 3.05) is 0 Å². The van der Waals surface area contributed by atoms with Gasteiger partial charge in [-0.05, 0) is 37.1 Å². The molecule has 0 bridgehead atoms. The smallest absolute Gasteiger partial charge is 0.335 e. The van der Waals surface area contributed by atoms with Gasteiger partial charge in [0.05, 0.1) is 28.2 Å². The normalized spacial score (nSPS) is 14.7. The van der Waals surface area contributed by atoms with Gasteiger partial charge in [-0.25, -0.2) is 9.48 Å². The molecule has 0 fully saturated rings. The van der Waals surface area contributed by atoms with Crippen molar-refractivity contribution in [2.45, 2.75) is 45.4 Å². The van der Waals surface area contributed by atoms with Gasteiger partial charge in [0.25, 0.3) is 0 Å². The first kappa shape index (κ1) is 15.5. The van der Waals surface area contributed by atoms with E-state index in [1.165, 1.54) is 0 Å². The minimum Gasteiger partial charge on any atom is -0.478 e. The molecule has 1 aliphatic carbocycles. The van der Waals surface area contributed by atoms with Crippen LogP contribution in [0.1, 0.15) is 65.7 Å². The molecule has 0 spiro atoms. The molecular weight excluding hydrogens is 292 g/mol. The molecule has 23 heavy (non-hydrogen) atoms. The Bertz CT molecular complexity index is 780. The third-order valence-electron chi connectivity index (χ3n) is 4.15. The summed E-state index contributed by atoms with van der Waals surface area (Å²) >= 11 is 0. The molecule has 1 heterocycles. The van der Waals surface area contributed by atoms with Crippen LogP contribution in [0.25, 0.3) is 5.69 Å². The van der Waals surface area contributed by atoms with E-state index in [1.807, 2.05) is 0 Å². The maximum atomic E-state index is 12.4. The fourth-order valence-corrected chi connectivity index (χ4v) is 3.00. The summed E-state index contributed by atoms with van der Waals surface area (Å²) in [7, 11) is 0. The van der Waals surface area contributed by atoms with Gasteiger partial charge < -0.3 is 5.11 Å². The zero-order chi connectivity index (χ0) is 16.8. The van der Waals surface area contributed by atoms with Gasteiger partial charge in [0, 0.05) is 11.8 Å². The van der Waals surface area contributed by atoms with E-state index in [9.17, 15) is 9.59 Å². The number of fused-ring (bicyclic) bond motifs is 1. The van der Waals surface area contributed by atoms with Crippen molar-refractivity contribution in [3.8, 4) is 5.69 Å².